The predicted octanol–water partition coefficient (Wildman–Crippen LogP) is 3.53. The molecule has 0 saturated carbocycles. The summed E-state index contributed by atoms with van der Waals surface area (Å²) in [7, 11) is -3.63. The van der Waals surface area contributed by atoms with Gasteiger partial charge in [0.15, 0.2) is 0 Å². The summed E-state index contributed by atoms with van der Waals surface area (Å²) in [5.74, 6) is -1.97. The Morgan fingerprint density at radius 1 is 1.05 bits per heavy atom. The van der Waals surface area contributed by atoms with Gasteiger partial charge in [-0.1, -0.05) is 0 Å². The standard InChI is InChI=1S/C27H32F3N7O4S/c1-18-15-22-23(16-24(18)37-13-4-5-20(17-37)41-25(38)27(28,29)30)34-35-26(33-22)32-19-6-8-21(9-7-19)42(39,40)31-10-14-36-11-2-3-12-36/h6-9,15-16,20,31H,2-5,10-14,17H2,1H3,(H,32,33,35). The lowest BCUT2D eigenvalue weighted by Crippen LogP contribution is -2.42. The van der Waals surface area contributed by atoms with E-state index in [-0.39, 0.29) is 17.4 Å². The highest BCUT2D eigenvalue weighted by Crippen LogP contribution is 2.29. The Kier molecular flexibility index (Phi) is 8.80. The van der Waals surface area contributed by atoms with Gasteiger partial charge in [0.05, 0.1) is 17.0 Å². The van der Waals surface area contributed by atoms with Crippen molar-refractivity contribution in [3.05, 3.63) is 42.0 Å². The van der Waals surface area contributed by atoms with Crippen molar-refractivity contribution in [2.45, 2.75) is 49.8 Å². The minimum absolute atomic E-state index is 0.133. The van der Waals surface area contributed by atoms with E-state index in [0.29, 0.717) is 49.2 Å². The first-order valence-corrected chi connectivity index (χ1v) is 15.2. The molecule has 226 valence electrons. The SMILES string of the molecule is Cc1cc2nc(Nc3ccc(S(=O)(=O)NCCN4CCCC4)cc3)nnc2cc1N1CCCC(OC(=O)C(F)(F)F)C1. The largest absolute Gasteiger partial charge is 0.490 e. The van der Waals surface area contributed by atoms with Gasteiger partial charge in [0, 0.05) is 31.0 Å². The van der Waals surface area contributed by atoms with Crippen LogP contribution in [0.5, 0.6) is 0 Å². The number of ether oxygens (including phenoxy) is 1. The molecule has 11 nitrogen and oxygen atoms in total. The highest BCUT2D eigenvalue weighted by Gasteiger charge is 2.42. The lowest BCUT2D eigenvalue weighted by Gasteiger charge is -2.35. The van der Waals surface area contributed by atoms with Crippen LogP contribution >= 0.6 is 0 Å². The third kappa shape index (κ3) is 7.25. The van der Waals surface area contributed by atoms with Crippen LogP contribution in [-0.4, -0.2) is 86.0 Å². The molecule has 2 aromatic carbocycles. The fourth-order valence-corrected chi connectivity index (χ4v) is 6.24. The minimum Gasteiger partial charge on any atom is -0.454 e. The third-order valence-electron chi connectivity index (χ3n) is 7.34. The molecule has 3 aromatic rings. The molecule has 2 N–H and O–H groups in total. The molecule has 1 aromatic heterocycles. The molecule has 0 radical (unpaired) electrons. The Bertz CT molecular complexity index is 1530. The van der Waals surface area contributed by atoms with Crippen molar-refractivity contribution in [3.63, 3.8) is 0 Å². The van der Waals surface area contributed by atoms with Crippen molar-refractivity contribution in [3.8, 4) is 0 Å². The summed E-state index contributed by atoms with van der Waals surface area (Å²) in [5.41, 5.74) is 3.18. The second-order valence-corrected chi connectivity index (χ2v) is 12.2. The fourth-order valence-electron chi connectivity index (χ4n) is 5.22. The predicted molar refractivity (Wildman–Crippen MR) is 150 cm³/mol. The summed E-state index contributed by atoms with van der Waals surface area (Å²) in [6.45, 7) is 5.61. The zero-order valence-corrected chi connectivity index (χ0v) is 23.8. The summed E-state index contributed by atoms with van der Waals surface area (Å²) >= 11 is 0. The number of nitrogens with one attached hydrogen (secondary N) is 2. The van der Waals surface area contributed by atoms with Crippen LogP contribution in [0.3, 0.4) is 0 Å². The number of nitrogens with zero attached hydrogens (tertiary/aromatic N) is 5. The van der Waals surface area contributed by atoms with Crippen LogP contribution in [0.4, 0.5) is 30.5 Å². The number of rotatable bonds is 9. The first-order chi connectivity index (χ1) is 20.0. The third-order valence-corrected chi connectivity index (χ3v) is 8.81. The quantitative estimate of drug-likeness (QED) is 0.349. The number of sulfonamides is 1. The molecule has 0 amide bonds. The summed E-state index contributed by atoms with van der Waals surface area (Å²) in [5, 5.41) is 11.4. The van der Waals surface area contributed by atoms with Crippen molar-refractivity contribution in [2.24, 2.45) is 0 Å². The maximum atomic E-state index is 12.6. The number of carbonyl (C=O) groups excluding carboxylic acids is 1. The van der Waals surface area contributed by atoms with Crippen molar-refractivity contribution in [1.29, 1.82) is 0 Å². The number of hydrogen-bond donors (Lipinski definition) is 2. The Morgan fingerprint density at radius 2 is 1.79 bits per heavy atom. The van der Waals surface area contributed by atoms with E-state index in [0.717, 1.165) is 37.2 Å². The number of hydrogen-bond acceptors (Lipinski definition) is 10. The van der Waals surface area contributed by atoms with Gasteiger partial charge in [-0.25, -0.2) is 22.9 Å². The Balaban J connectivity index is 1.22. The number of fused-ring (bicyclic) bond motifs is 1. The van der Waals surface area contributed by atoms with E-state index in [9.17, 15) is 26.4 Å². The molecule has 2 fully saturated rings. The van der Waals surface area contributed by atoms with Gasteiger partial charge in [0.25, 0.3) is 0 Å². The van der Waals surface area contributed by atoms with Crippen LogP contribution in [0.2, 0.25) is 0 Å². The number of esters is 1. The molecule has 0 aliphatic carbocycles. The number of aromatic nitrogens is 3. The van der Waals surface area contributed by atoms with Gasteiger partial charge in [-0.05, 0) is 87.7 Å². The van der Waals surface area contributed by atoms with Crippen LogP contribution in [0.1, 0.15) is 31.2 Å². The van der Waals surface area contributed by atoms with Gasteiger partial charge in [0.1, 0.15) is 11.6 Å². The number of aryl methyl sites for hydroxylation is 1. The molecule has 0 bridgehead atoms. The molecule has 5 rings (SSSR count). The maximum Gasteiger partial charge on any atom is 0.490 e. The van der Waals surface area contributed by atoms with Gasteiger partial charge >= 0.3 is 12.1 Å². The van der Waals surface area contributed by atoms with E-state index in [1.807, 2.05) is 11.8 Å². The highest BCUT2D eigenvalue weighted by molar-refractivity contribution is 7.89. The second-order valence-electron chi connectivity index (χ2n) is 10.5. The van der Waals surface area contributed by atoms with Gasteiger partial charge < -0.3 is 19.9 Å². The molecule has 1 atom stereocenters. The van der Waals surface area contributed by atoms with E-state index in [2.05, 4.69) is 34.9 Å². The first kappa shape index (κ1) is 29.9. The summed E-state index contributed by atoms with van der Waals surface area (Å²) in [6.07, 6.45) is -2.69. The van der Waals surface area contributed by atoms with E-state index in [4.69, 9.17) is 0 Å². The normalized spacial score (nSPS) is 18.4. The lowest BCUT2D eigenvalue weighted by molar-refractivity contribution is -0.205. The number of halogens is 3. The summed E-state index contributed by atoms with van der Waals surface area (Å²) in [6, 6.07) is 9.81. The highest BCUT2D eigenvalue weighted by atomic mass is 32.2. The molecule has 2 aliphatic rings. The van der Waals surface area contributed by atoms with Crippen LogP contribution in [0.15, 0.2) is 41.3 Å². The molecular weight excluding hydrogens is 575 g/mol. The minimum atomic E-state index is -5.03. The average Bonchev–Trinajstić information content (AvgIpc) is 3.46. The summed E-state index contributed by atoms with van der Waals surface area (Å²) < 4.78 is 70.5. The molecule has 1 unspecified atom stereocenters. The second kappa shape index (κ2) is 12.4. The number of likely N-dealkylation sites (tertiary alicyclic amines) is 1. The maximum absolute atomic E-state index is 12.6. The smallest absolute Gasteiger partial charge is 0.454 e. The van der Waals surface area contributed by atoms with Gasteiger partial charge in [-0.15, -0.1) is 10.2 Å². The van der Waals surface area contributed by atoms with Crippen molar-refractivity contribution >= 4 is 44.3 Å². The molecule has 42 heavy (non-hydrogen) atoms. The zero-order chi connectivity index (χ0) is 29.9. The van der Waals surface area contributed by atoms with Crippen LogP contribution < -0.4 is 14.9 Å². The number of anilines is 3. The van der Waals surface area contributed by atoms with E-state index in [1.165, 1.54) is 12.1 Å². The fraction of sp³-hybridized carbons (Fsp3) is 0.481. The van der Waals surface area contributed by atoms with E-state index >= 15 is 0 Å². The Hall–Kier alpha value is -3.56. The molecular formula is C27H32F3N7O4S. The molecule has 3 heterocycles. The first-order valence-electron chi connectivity index (χ1n) is 13.7. The molecule has 2 aliphatic heterocycles. The number of alkyl halides is 3. The number of piperidine rings is 1. The topological polar surface area (TPSA) is 130 Å². The molecule has 0 spiro atoms. The average molecular weight is 608 g/mol. The van der Waals surface area contributed by atoms with Crippen molar-refractivity contribution in [1.82, 2.24) is 24.8 Å². The lowest BCUT2D eigenvalue weighted by atomic mass is 10.0. The van der Waals surface area contributed by atoms with E-state index < -0.39 is 28.3 Å². The molecule has 2 saturated heterocycles. The van der Waals surface area contributed by atoms with E-state index in [1.54, 1.807) is 24.3 Å². The van der Waals surface area contributed by atoms with Gasteiger partial charge in [-0.2, -0.15) is 13.2 Å². The monoisotopic (exact) mass is 607 g/mol. The molecule has 15 heteroatoms. The number of benzene rings is 2. The number of carbonyl (C=O) groups is 1. The van der Waals surface area contributed by atoms with Gasteiger partial charge in [-0.3, -0.25) is 0 Å². The summed E-state index contributed by atoms with van der Waals surface area (Å²) in [4.78, 5) is 20.1. The van der Waals surface area contributed by atoms with Gasteiger partial charge in [0.2, 0.25) is 16.0 Å². The Morgan fingerprint density at radius 3 is 2.50 bits per heavy atom. The Labute approximate surface area is 241 Å². The van der Waals surface area contributed by atoms with Crippen LogP contribution in [0, 0.1) is 6.92 Å². The van der Waals surface area contributed by atoms with Crippen molar-refractivity contribution in [2.75, 3.05) is 49.5 Å². The van der Waals surface area contributed by atoms with Crippen LogP contribution in [-0.2, 0) is 19.6 Å². The van der Waals surface area contributed by atoms with Crippen molar-refractivity contribution < 1.29 is 31.1 Å². The van der Waals surface area contributed by atoms with Crippen LogP contribution in [0.25, 0.3) is 11.0 Å². The zero-order valence-electron chi connectivity index (χ0n) is 23.0.